The van der Waals surface area contributed by atoms with Crippen LogP contribution in [0, 0.1) is 0 Å². The number of benzene rings is 1. The molecule has 2 N–H and O–H groups in total. The number of thiocarbonyl (C=S) groups is 1. The Morgan fingerprint density at radius 3 is 3.00 bits per heavy atom. The molecule has 1 aromatic heterocycles. The Hall–Kier alpha value is -1.92. The fourth-order valence-corrected chi connectivity index (χ4v) is 3.79. The number of fused-ring (bicyclic) bond motifs is 1. The van der Waals surface area contributed by atoms with Gasteiger partial charge in [0.15, 0.2) is 5.11 Å². The standard InChI is InChI=1S/C18H20N2O2S2/c21-17(12-14-5-3-11-24-14)22-10-9-19-18(23)20-16-8-7-13-4-1-2-6-15(13)16/h1-6,11,16H,7-10,12H2,(H2,19,20,23). The summed E-state index contributed by atoms with van der Waals surface area (Å²) < 4.78 is 5.21. The lowest BCUT2D eigenvalue weighted by Crippen LogP contribution is -2.38. The Labute approximate surface area is 151 Å². The van der Waals surface area contributed by atoms with Gasteiger partial charge in [0, 0.05) is 4.88 Å². The molecule has 0 saturated heterocycles. The number of ether oxygens (including phenoxy) is 1. The minimum atomic E-state index is -0.206. The molecule has 3 rings (SSSR count). The van der Waals surface area contributed by atoms with Crippen molar-refractivity contribution in [1.82, 2.24) is 10.6 Å². The van der Waals surface area contributed by atoms with E-state index in [1.54, 1.807) is 11.3 Å². The molecule has 24 heavy (non-hydrogen) atoms. The fraction of sp³-hybridized carbons (Fsp3) is 0.333. The van der Waals surface area contributed by atoms with Crippen LogP contribution in [0.15, 0.2) is 41.8 Å². The van der Waals surface area contributed by atoms with E-state index in [1.807, 2.05) is 17.5 Å². The summed E-state index contributed by atoms with van der Waals surface area (Å²) in [6, 6.07) is 12.6. The molecule has 6 heteroatoms. The zero-order valence-corrected chi connectivity index (χ0v) is 14.9. The van der Waals surface area contributed by atoms with Gasteiger partial charge in [-0.25, -0.2) is 0 Å². The Bertz CT molecular complexity index is 701. The predicted molar refractivity (Wildman–Crippen MR) is 100 cm³/mol. The molecule has 1 unspecified atom stereocenters. The van der Waals surface area contributed by atoms with Crippen LogP contribution in [0.1, 0.15) is 28.5 Å². The number of esters is 1. The molecule has 0 bridgehead atoms. The van der Waals surface area contributed by atoms with Gasteiger partial charge in [-0.15, -0.1) is 11.3 Å². The van der Waals surface area contributed by atoms with Crippen molar-refractivity contribution in [2.24, 2.45) is 0 Å². The maximum atomic E-state index is 11.7. The van der Waals surface area contributed by atoms with Gasteiger partial charge < -0.3 is 15.4 Å². The molecule has 1 aliphatic rings. The molecule has 0 aliphatic heterocycles. The fourth-order valence-electron chi connectivity index (χ4n) is 2.85. The van der Waals surface area contributed by atoms with E-state index in [1.165, 1.54) is 11.1 Å². The van der Waals surface area contributed by atoms with Crippen molar-refractivity contribution in [2.45, 2.75) is 25.3 Å². The minimum absolute atomic E-state index is 0.206. The summed E-state index contributed by atoms with van der Waals surface area (Å²) in [6.07, 6.45) is 2.47. The monoisotopic (exact) mass is 360 g/mol. The van der Waals surface area contributed by atoms with E-state index in [9.17, 15) is 4.79 Å². The van der Waals surface area contributed by atoms with E-state index in [4.69, 9.17) is 17.0 Å². The zero-order valence-electron chi connectivity index (χ0n) is 13.3. The van der Waals surface area contributed by atoms with Crippen molar-refractivity contribution in [2.75, 3.05) is 13.2 Å². The molecule has 0 saturated carbocycles. The number of carbonyl (C=O) groups is 1. The maximum absolute atomic E-state index is 11.7. The second-order valence-electron chi connectivity index (χ2n) is 5.67. The topological polar surface area (TPSA) is 50.4 Å². The third-order valence-electron chi connectivity index (χ3n) is 3.99. The Kier molecular flexibility index (Phi) is 5.82. The van der Waals surface area contributed by atoms with Crippen LogP contribution in [0.5, 0.6) is 0 Å². The van der Waals surface area contributed by atoms with E-state index in [0.29, 0.717) is 24.7 Å². The van der Waals surface area contributed by atoms with E-state index in [0.717, 1.165) is 17.7 Å². The first-order chi connectivity index (χ1) is 11.7. The highest BCUT2D eigenvalue weighted by Gasteiger charge is 2.22. The number of nitrogens with one attached hydrogen (secondary N) is 2. The first kappa shape index (κ1) is 16.9. The summed E-state index contributed by atoms with van der Waals surface area (Å²) >= 11 is 6.89. The van der Waals surface area contributed by atoms with Crippen molar-refractivity contribution >= 4 is 34.6 Å². The van der Waals surface area contributed by atoms with Crippen molar-refractivity contribution in [3.63, 3.8) is 0 Å². The van der Waals surface area contributed by atoms with Gasteiger partial charge in [-0.05, 0) is 47.6 Å². The summed E-state index contributed by atoms with van der Waals surface area (Å²) in [6.45, 7) is 0.823. The third kappa shape index (κ3) is 4.55. The molecule has 1 atom stereocenters. The molecule has 0 spiro atoms. The summed E-state index contributed by atoms with van der Waals surface area (Å²) in [5, 5.41) is 9.00. The van der Waals surface area contributed by atoms with E-state index in [-0.39, 0.29) is 12.0 Å². The van der Waals surface area contributed by atoms with Gasteiger partial charge in [0.2, 0.25) is 0 Å². The van der Waals surface area contributed by atoms with Crippen LogP contribution in [0.25, 0.3) is 0 Å². The quantitative estimate of drug-likeness (QED) is 0.471. The van der Waals surface area contributed by atoms with E-state index < -0.39 is 0 Å². The molecule has 0 fully saturated rings. The Morgan fingerprint density at radius 1 is 1.29 bits per heavy atom. The largest absolute Gasteiger partial charge is 0.464 e. The van der Waals surface area contributed by atoms with Crippen LogP contribution < -0.4 is 10.6 Å². The lowest BCUT2D eigenvalue weighted by molar-refractivity contribution is -0.142. The lowest BCUT2D eigenvalue weighted by atomic mass is 10.1. The van der Waals surface area contributed by atoms with Crippen molar-refractivity contribution < 1.29 is 9.53 Å². The smallest absolute Gasteiger partial charge is 0.311 e. The average Bonchev–Trinajstić information content (AvgIpc) is 3.22. The Balaban J connectivity index is 1.34. The first-order valence-electron chi connectivity index (χ1n) is 8.02. The second kappa shape index (κ2) is 8.26. The number of hydrogen-bond acceptors (Lipinski definition) is 4. The Morgan fingerprint density at radius 2 is 2.17 bits per heavy atom. The van der Waals surface area contributed by atoms with Gasteiger partial charge in [-0.1, -0.05) is 30.3 Å². The number of aryl methyl sites for hydroxylation is 1. The van der Waals surface area contributed by atoms with Gasteiger partial charge in [0.05, 0.1) is 19.0 Å². The summed E-state index contributed by atoms with van der Waals surface area (Å²) in [5.74, 6) is -0.206. The van der Waals surface area contributed by atoms with Crippen molar-refractivity contribution in [3.05, 3.63) is 57.8 Å². The van der Waals surface area contributed by atoms with Crippen molar-refractivity contribution in [3.8, 4) is 0 Å². The first-order valence-corrected chi connectivity index (χ1v) is 9.31. The molecule has 1 heterocycles. The van der Waals surface area contributed by atoms with Crippen LogP contribution in [0.4, 0.5) is 0 Å². The van der Waals surface area contributed by atoms with E-state index >= 15 is 0 Å². The summed E-state index contributed by atoms with van der Waals surface area (Å²) in [7, 11) is 0. The maximum Gasteiger partial charge on any atom is 0.311 e. The van der Waals surface area contributed by atoms with E-state index in [2.05, 4.69) is 34.9 Å². The second-order valence-corrected chi connectivity index (χ2v) is 7.11. The predicted octanol–water partition coefficient (Wildman–Crippen LogP) is 2.99. The number of rotatable bonds is 6. The van der Waals surface area contributed by atoms with Gasteiger partial charge in [-0.3, -0.25) is 4.79 Å². The molecule has 4 nitrogen and oxygen atoms in total. The molecule has 0 amide bonds. The van der Waals surface area contributed by atoms with Crippen LogP contribution in [-0.4, -0.2) is 24.2 Å². The molecular formula is C18H20N2O2S2. The normalized spacial score (nSPS) is 15.6. The van der Waals surface area contributed by atoms with Gasteiger partial charge in [0.25, 0.3) is 0 Å². The molecule has 0 radical (unpaired) electrons. The minimum Gasteiger partial charge on any atom is -0.464 e. The van der Waals surface area contributed by atoms with Crippen LogP contribution >= 0.6 is 23.6 Å². The van der Waals surface area contributed by atoms with Gasteiger partial charge in [-0.2, -0.15) is 0 Å². The highest BCUT2D eigenvalue weighted by atomic mass is 32.1. The lowest BCUT2D eigenvalue weighted by Gasteiger charge is -2.17. The highest BCUT2D eigenvalue weighted by Crippen LogP contribution is 2.30. The number of carbonyl (C=O) groups excluding carboxylic acids is 1. The van der Waals surface area contributed by atoms with Crippen molar-refractivity contribution in [1.29, 1.82) is 0 Å². The molecular weight excluding hydrogens is 340 g/mol. The zero-order chi connectivity index (χ0) is 16.8. The number of thiophene rings is 1. The molecule has 1 aromatic carbocycles. The summed E-state index contributed by atoms with van der Waals surface area (Å²) in [5.41, 5.74) is 2.71. The van der Waals surface area contributed by atoms with Crippen LogP contribution in [0.2, 0.25) is 0 Å². The molecule has 1 aliphatic carbocycles. The van der Waals surface area contributed by atoms with Crippen LogP contribution in [-0.2, 0) is 22.4 Å². The number of hydrogen-bond donors (Lipinski definition) is 2. The third-order valence-corrected chi connectivity index (χ3v) is 5.13. The molecule has 2 aromatic rings. The SMILES string of the molecule is O=C(Cc1cccs1)OCCNC(=S)NC1CCc2ccccc21. The highest BCUT2D eigenvalue weighted by molar-refractivity contribution is 7.80. The average molecular weight is 361 g/mol. The van der Waals surface area contributed by atoms with Crippen LogP contribution in [0.3, 0.4) is 0 Å². The summed E-state index contributed by atoms with van der Waals surface area (Å²) in [4.78, 5) is 12.7. The van der Waals surface area contributed by atoms with Gasteiger partial charge >= 0.3 is 5.97 Å². The van der Waals surface area contributed by atoms with Gasteiger partial charge in [0.1, 0.15) is 6.61 Å². The molecule has 126 valence electrons.